The van der Waals surface area contributed by atoms with Crippen LogP contribution in [0.2, 0.25) is 0 Å². The van der Waals surface area contributed by atoms with Crippen LogP contribution in [0.15, 0.2) is 24.3 Å². The summed E-state index contributed by atoms with van der Waals surface area (Å²) in [5.41, 5.74) is 0. The summed E-state index contributed by atoms with van der Waals surface area (Å²) in [6.45, 7) is 5.38. The first-order valence-electron chi connectivity index (χ1n) is 4.82. The van der Waals surface area contributed by atoms with E-state index in [0.717, 1.165) is 6.92 Å². The molecule has 2 rings (SSSR count). The third-order valence-corrected chi connectivity index (χ3v) is 3.92. The third kappa shape index (κ3) is 4.16. The Bertz CT molecular complexity index is 427. The number of hydrogen-bond donors (Lipinski definition) is 1. The van der Waals surface area contributed by atoms with Crippen LogP contribution in [0.4, 0.5) is 0 Å². The molecule has 0 amide bonds. The third-order valence-electron chi connectivity index (χ3n) is 1.72. The number of thiophene rings is 2. The van der Waals surface area contributed by atoms with Gasteiger partial charge < -0.3 is 5.11 Å². The first-order valence-corrected chi connectivity index (χ1v) is 6.45. The maximum atomic E-state index is 9.00. The summed E-state index contributed by atoms with van der Waals surface area (Å²) in [5, 5.41) is 7.42. The van der Waals surface area contributed by atoms with Crippen LogP contribution in [0.3, 0.4) is 0 Å². The van der Waals surface area contributed by atoms with Crippen molar-refractivity contribution < 1.29 is 9.90 Å². The molecule has 0 radical (unpaired) electrons. The summed E-state index contributed by atoms with van der Waals surface area (Å²) in [6.07, 6.45) is 0. The number of hydrogen-bond acceptors (Lipinski definition) is 3. The number of carboxylic acids is 1. The van der Waals surface area contributed by atoms with Crippen molar-refractivity contribution in [2.45, 2.75) is 20.8 Å². The zero-order chi connectivity index (χ0) is 12.1. The van der Waals surface area contributed by atoms with E-state index in [2.05, 4.69) is 38.1 Å². The molecule has 0 spiro atoms. The predicted octanol–water partition coefficient (Wildman–Crippen LogP) is 4.18. The van der Waals surface area contributed by atoms with E-state index in [1.165, 1.54) is 19.5 Å². The van der Waals surface area contributed by atoms with E-state index >= 15 is 0 Å². The van der Waals surface area contributed by atoms with Gasteiger partial charge in [0.1, 0.15) is 0 Å². The van der Waals surface area contributed by atoms with Crippen molar-refractivity contribution in [2.75, 3.05) is 0 Å². The number of rotatable bonds is 1. The van der Waals surface area contributed by atoms with E-state index in [9.17, 15) is 0 Å². The van der Waals surface area contributed by atoms with E-state index in [1.54, 1.807) is 0 Å². The first-order chi connectivity index (χ1) is 7.49. The monoisotopic (exact) mass is 254 g/mol. The lowest BCUT2D eigenvalue weighted by Crippen LogP contribution is -1.78. The Kier molecular flexibility index (Phi) is 4.71. The summed E-state index contributed by atoms with van der Waals surface area (Å²) in [5.74, 6) is -0.833. The zero-order valence-electron chi connectivity index (χ0n) is 9.48. The van der Waals surface area contributed by atoms with Gasteiger partial charge in [-0.3, -0.25) is 4.79 Å². The van der Waals surface area contributed by atoms with Gasteiger partial charge in [0.2, 0.25) is 0 Å². The van der Waals surface area contributed by atoms with Crippen molar-refractivity contribution in [1.82, 2.24) is 0 Å². The Hall–Kier alpha value is -1.13. The average molecular weight is 254 g/mol. The van der Waals surface area contributed by atoms with E-state index in [0.29, 0.717) is 0 Å². The highest BCUT2D eigenvalue weighted by Crippen LogP contribution is 2.32. The van der Waals surface area contributed by atoms with Crippen LogP contribution in [-0.4, -0.2) is 11.1 Å². The van der Waals surface area contributed by atoms with Gasteiger partial charge in [-0.25, -0.2) is 0 Å². The van der Waals surface area contributed by atoms with Gasteiger partial charge in [0, 0.05) is 26.4 Å². The van der Waals surface area contributed by atoms with E-state index in [-0.39, 0.29) is 0 Å². The quantitative estimate of drug-likeness (QED) is 0.828. The zero-order valence-corrected chi connectivity index (χ0v) is 11.1. The lowest BCUT2D eigenvalue weighted by atomic mass is 10.3. The highest BCUT2D eigenvalue weighted by molar-refractivity contribution is 7.22. The lowest BCUT2D eigenvalue weighted by molar-refractivity contribution is -0.134. The molecule has 0 aromatic carbocycles. The van der Waals surface area contributed by atoms with Crippen LogP contribution < -0.4 is 0 Å². The molecule has 0 fully saturated rings. The fraction of sp³-hybridized carbons (Fsp3) is 0.250. The lowest BCUT2D eigenvalue weighted by Gasteiger charge is -1.87. The van der Waals surface area contributed by atoms with Crippen LogP contribution in [0.25, 0.3) is 9.75 Å². The summed E-state index contributed by atoms with van der Waals surface area (Å²) in [7, 11) is 0. The molecule has 86 valence electrons. The molecule has 4 heteroatoms. The number of aliphatic carboxylic acids is 1. The van der Waals surface area contributed by atoms with Gasteiger partial charge in [-0.1, -0.05) is 0 Å². The molecule has 0 aliphatic carbocycles. The normalized spacial score (nSPS) is 9.44. The van der Waals surface area contributed by atoms with Gasteiger partial charge in [-0.2, -0.15) is 0 Å². The van der Waals surface area contributed by atoms with Gasteiger partial charge in [0.05, 0.1) is 0 Å². The molecule has 0 atom stereocenters. The van der Waals surface area contributed by atoms with Gasteiger partial charge in [-0.05, 0) is 38.1 Å². The Morgan fingerprint density at radius 2 is 1.31 bits per heavy atom. The Morgan fingerprint density at radius 3 is 1.50 bits per heavy atom. The van der Waals surface area contributed by atoms with Crippen LogP contribution >= 0.6 is 22.7 Å². The maximum Gasteiger partial charge on any atom is 0.300 e. The van der Waals surface area contributed by atoms with Crippen LogP contribution in [-0.2, 0) is 4.79 Å². The fourth-order valence-corrected chi connectivity index (χ4v) is 2.96. The molecule has 1 N–H and O–H groups in total. The standard InChI is InChI=1S/C10H10S2.C2H4O2/c1-7-3-5-9(11-7)10-6-4-8(2)12-10;1-2(3)4/h3-6H,1-2H3;1H3,(H,3,4). The van der Waals surface area contributed by atoms with Crippen LogP contribution in [0.5, 0.6) is 0 Å². The van der Waals surface area contributed by atoms with E-state index in [4.69, 9.17) is 9.90 Å². The second kappa shape index (κ2) is 5.82. The highest BCUT2D eigenvalue weighted by atomic mass is 32.1. The van der Waals surface area contributed by atoms with Gasteiger partial charge in [-0.15, -0.1) is 22.7 Å². The highest BCUT2D eigenvalue weighted by Gasteiger charge is 2.01. The number of aryl methyl sites for hydroxylation is 2. The second-order valence-electron chi connectivity index (χ2n) is 3.34. The summed E-state index contributed by atoms with van der Waals surface area (Å²) < 4.78 is 0. The van der Waals surface area contributed by atoms with Crippen molar-refractivity contribution in [3.63, 3.8) is 0 Å². The summed E-state index contributed by atoms with van der Waals surface area (Å²) in [4.78, 5) is 14.6. The largest absolute Gasteiger partial charge is 0.481 e. The molecule has 16 heavy (non-hydrogen) atoms. The van der Waals surface area contributed by atoms with Gasteiger partial charge in [0.15, 0.2) is 0 Å². The van der Waals surface area contributed by atoms with Gasteiger partial charge in [0.25, 0.3) is 5.97 Å². The van der Waals surface area contributed by atoms with E-state index in [1.807, 2.05) is 22.7 Å². The smallest absolute Gasteiger partial charge is 0.300 e. The number of carboxylic acid groups (broad SMARTS) is 1. The minimum Gasteiger partial charge on any atom is -0.481 e. The molecule has 2 heterocycles. The molecule has 0 unspecified atom stereocenters. The molecular formula is C12H14O2S2. The molecule has 0 saturated heterocycles. The maximum absolute atomic E-state index is 9.00. The summed E-state index contributed by atoms with van der Waals surface area (Å²) in [6, 6.07) is 8.75. The SMILES string of the molecule is CC(=O)O.Cc1ccc(-c2ccc(C)s2)s1. The van der Waals surface area contributed by atoms with Gasteiger partial charge >= 0.3 is 0 Å². The first kappa shape index (κ1) is 12.9. The molecule has 0 aliphatic heterocycles. The minimum atomic E-state index is -0.833. The Morgan fingerprint density at radius 1 is 1.00 bits per heavy atom. The van der Waals surface area contributed by atoms with Crippen molar-refractivity contribution in [3.05, 3.63) is 34.0 Å². The van der Waals surface area contributed by atoms with Crippen molar-refractivity contribution in [1.29, 1.82) is 0 Å². The average Bonchev–Trinajstić information content (AvgIpc) is 2.73. The molecule has 0 bridgehead atoms. The second-order valence-corrected chi connectivity index (χ2v) is 5.92. The molecule has 2 nitrogen and oxygen atoms in total. The number of carbonyl (C=O) groups is 1. The Labute approximate surface area is 103 Å². The van der Waals surface area contributed by atoms with E-state index < -0.39 is 5.97 Å². The van der Waals surface area contributed by atoms with Crippen LogP contribution in [0, 0.1) is 13.8 Å². The van der Waals surface area contributed by atoms with Crippen molar-refractivity contribution in [2.24, 2.45) is 0 Å². The van der Waals surface area contributed by atoms with Crippen molar-refractivity contribution in [3.8, 4) is 9.75 Å². The minimum absolute atomic E-state index is 0.833. The molecule has 0 saturated carbocycles. The fourth-order valence-electron chi connectivity index (χ4n) is 1.13. The molecule has 0 aliphatic rings. The van der Waals surface area contributed by atoms with Crippen LogP contribution in [0.1, 0.15) is 16.7 Å². The molecule has 2 aromatic heterocycles. The Balaban J connectivity index is 0.000000280. The van der Waals surface area contributed by atoms with Crippen molar-refractivity contribution >= 4 is 28.6 Å². The predicted molar refractivity (Wildman–Crippen MR) is 70.4 cm³/mol. The molecular weight excluding hydrogens is 240 g/mol. The topological polar surface area (TPSA) is 37.3 Å². The summed E-state index contributed by atoms with van der Waals surface area (Å²) >= 11 is 3.73. The molecule has 2 aromatic rings.